The van der Waals surface area contributed by atoms with Crippen molar-refractivity contribution in [2.75, 3.05) is 4.90 Å². The van der Waals surface area contributed by atoms with Gasteiger partial charge >= 0.3 is 0 Å². The summed E-state index contributed by atoms with van der Waals surface area (Å²) in [6.45, 7) is 0. The van der Waals surface area contributed by atoms with E-state index in [1.54, 1.807) is 0 Å². The van der Waals surface area contributed by atoms with Crippen molar-refractivity contribution in [3.63, 3.8) is 0 Å². The minimum atomic E-state index is -0.467. The Bertz CT molecular complexity index is 3230. The summed E-state index contributed by atoms with van der Waals surface area (Å²) in [5.41, 5.74) is 8.69. The second-order valence-electron chi connectivity index (χ2n) is 12.4. The lowest BCUT2D eigenvalue weighted by molar-refractivity contribution is 0.668. The van der Waals surface area contributed by atoms with Crippen LogP contribution in [0.1, 0.15) is 9.60 Å². The number of fused-ring (bicyclic) bond motifs is 6. The van der Waals surface area contributed by atoms with E-state index in [9.17, 15) is 1.37 Å². The van der Waals surface area contributed by atoms with Crippen LogP contribution in [0.2, 0.25) is 0 Å². The third-order valence-electron chi connectivity index (χ3n) is 9.36. The molecule has 240 valence electrons. The Morgan fingerprint density at radius 1 is 0.412 bits per heavy atom. The van der Waals surface area contributed by atoms with Crippen LogP contribution in [0.3, 0.4) is 0 Å². The SMILES string of the molecule is [2H]c1c([2H])c([2H])c2c(oc3c([2H])c(-c4ccc(N(c5ccc(-c6ccccc6)cc5)c5ccc(-c6ccccc6)c6c5oc5ccccc56)cc4)c([2H])c([2H])c32)c1[2H]. The molecule has 8 aromatic carbocycles. The van der Waals surface area contributed by atoms with Gasteiger partial charge in [-0.1, -0.05) is 133 Å². The highest BCUT2D eigenvalue weighted by molar-refractivity contribution is 6.16. The van der Waals surface area contributed by atoms with E-state index in [0.717, 1.165) is 55.7 Å². The largest absolute Gasteiger partial charge is 0.456 e. The number of para-hydroxylation sites is 2. The van der Waals surface area contributed by atoms with E-state index >= 15 is 0 Å². The molecule has 0 aliphatic rings. The summed E-state index contributed by atoms with van der Waals surface area (Å²) in [5.74, 6) is 0. The molecule has 51 heavy (non-hydrogen) atoms. The number of rotatable bonds is 6. The molecule has 0 unspecified atom stereocenters. The fraction of sp³-hybridized carbons (Fsp3) is 0. The van der Waals surface area contributed by atoms with Gasteiger partial charge in [-0.2, -0.15) is 0 Å². The van der Waals surface area contributed by atoms with Gasteiger partial charge in [-0.05, 0) is 87.9 Å². The number of benzene rings is 8. The Morgan fingerprint density at radius 3 is 1.76 bits per heavy atom. The quantitative estimate of drug-likeness (QED) is 0.178. The Hall–Kier alpha value is -6.84. The van der Waals surface area contributed by atoms with Crippen molar-refractivity contribution in [2.24, 2.45) is 0 Å². The number of hydrogen-bond donors (Lipinski definition) is 0. The summed E-state index contributed by atoms with van der Waals surface area (Å²) in [4.78, 5) is 2.13. The zero-order valence-electron chi connectivity index (χ0n) is 34.1. The summed E-state index contributed by atoms with van der Waals surface area (Å²) >= 11 is 0. The van der Waals surface area contributed by atoms with Crippen molar-refractivity contribution in [3.8, 4) is 33.4 Å². The molecule has 0 N–H and O–H groups in total. The lowest BCUT2D eigenvalue weighted by atomic mass is 9.98. The van der Waals surface area contributed by atoms with E-state index in [2.05, 4.69) is 71.6 Å². The normalized spacial score (nSPS) is 13.5. The second-order valence-corrected chi connectivity index (χ2v) is 12.4. The van der Waals surface area contributed by atoms with Crippen LogP contribution in [0.15, 0.2) is 197 Å². The summed E-state index contributed by atoms with van der Waals surface area (Å²) < 4.78 is 73.1. The predicted molar refractivity (Wildman–Crippen MR) is 212 cm³/mol. The molecule has 0 saturated carbocycles. The fourth-order valence-corrected chi connectivity index (χ4v) is 6.93. The summed E-state index contributed by atoms with van der Waals surface area (Å²) in [7, 11) is 0. The van der Waals surface area contributed by atoms with Crippen LogP contribution in [0.4, 0.5) is 17.1 Å². The Labute approximate surface area is 305 Å². The molecule has 2 heterocycles. The Balaban J connectivity index is 1.16. The topological polar surface area (TPSA) is 29.5 Å². The first-order valence-electron chi connectivity index (χ1n) is 20.2. The van der Waals surface area contributed by atoms with Gasteiger partial charge in [0.2, 0.25) is 0 Å². The van der Waals surface area contributed by atoms with Crippen molar-refractivity contribution < 1.29 is 18.4 Å². The van der Waals surface area contributed by atoms with Gasteiger partial charge in [-0.25, -0.2) is 0 Å². The van der Waals surface area contributed by atoms with Crippen molar-refractivity contribution in [2.45, 2.75) is 0 Å². The molecule has 0 amide bonds. The van der Waals surface area contributed by atoms with E-state index < -0.39 is 18.1 Å². The third-order valence-corrected chi connectivity index (χ3v) is 9.36. The predicted octanol–water partition coefficient (Wildman–Crippen LogP) is 14.0. The molecule has 0 fully saturated rings. The van der Waals surface area contributed by atoms with Gasteiger partial charge in [-0.15, -0.1) is 0 Å². The molecule has 3 nitrogen and oxygen atoms in total. The third kappa shape index (κ3) is 4.98. The van der Waals surface area contributed by atoms with E-state index in [-0.39, 0.29) is 51.7 Å². The van der Waals surface area contributed by atoms with Crippen molar-refractivity contribution in [1.29, 1.82) is 0 Å². The number of furan rings is 2. The van der Waals surface area contributed by atoms with Gasteiger partial charge in [-0.3, -0.25) is 0 Å². The molecule has 0 radical (unpaired) electrons. The smallest absolute Gasteiger partial charge is 0.160 e. The van der Waals surface area contributed by atoms with E-state index in [0.29, 0.717) is 11.1 Å². The highest BCUT2D eigenvalue weighted by Crippen LogP contribution is 2.46. The first-order chi connectivity index (χ1) is 28.2. The second kappa shape index (κ2) is 11.9. The molecule has 3 heteroatoms. The molecular formula is C48H31NO2. The van der Waals surface area contributed by atoms with Crippen LogP contribution in [0.5, 0.6) is 0 Å². The van der Waals surface area contributed by atoms with Gasteiger partial charge < -0.3 is 13.7 Å². The number of nitrogens with zero attached hydrogens (tertiary/aromatic N) is 1. The Morgan fingerprint density at radius 2 is 1.02 bits per heavy atom. The summed E-state index contributed by atoms with van der Waals surface area (Å²) in [6, 6.07) is 46.1. The van der Waals surface area contributed by atoms with Crippen LogP contribution < -0.4 is 4.90 Å². The lowest BCUT2D eigenvalue weighted by Crippen LogP contribution is -2.10. The minimum absolute atomic E-state index is 0.000919. The minimum Gasteiger partial charge on any atom is -0.456 e. The molecule has 0 saturated heterocycles. The maximum atomic E-state index is 9.19. The van der Waals surface area contributed by atoms with Crippen LogP contribution in [-0.2, 0) is 0 Å². The number of hydrogen-bond acceptors (Lipinski definition) is 3. The van der Waals surface area contributed by atoms with Crippen molar-refractivity contribution in [1.82, 2.24) is 0 Å². The molecule has 2 aromatic heterocycles. The fourth-order valence-electron chi connectivity index (χ4n) is 6.93. The van der Waals surface area contributed by atoms with Crippen LogP contribution >= 0.6 is 0 Å². The van der Waals surface area contributed by atoms with E-state index in [1.807, 2.05) is 78.9 Å². The van der Waals surface area contributed by atoms with Crippen LogP contribution in [-0.4, -0.2) is 0 Å². The molecule has 0 bridgehead atoms. The number of anilines is 3. The van der Waals surface area contributed by atoms with Gasteiger partial charge in [0.25, 0.3) is 0 Å². The highest BCUT2D eigenvalue weighted by Gasteiger charge is 2.22. The van der Waals surface area contributed by atoms with Crippen molar-refractivity contribution >= 4 is 60.9 Å². The summed E-state index contributed by atoms with van der Waals surface area (Å²) in [5, 5.41) is 2.01. The van der Waals surface area contributed by atoms with Gasteiger partial charge in [0, 0.05) is 32.9 Å². The summed E-state index contributed by atoms with van der Waals surface area (Å²) in [6.07, 6.45) is 0. The van der Waals surface area contributed by atoms with E-state index in [1.165, 1.54) is 0 Å². The molecule has 0 spiro atoms. The van der Waals surface area contributed by atoms with Crippen LogP contribution in [0, 0.1) is 0 Å². The van der Waals surface area contributed by atoms with Crippen LogP contribution in [0.25, 0.3) is 77.3 Å². The molecule has 0 aliphatic heterocycles. The zero-order valence-corrected chi connectivity index (χ0v) is 27.1. The molecule has 10 aromatic rings. The monoisotopic (exact) mass is 660 g/mol. The highest BCUT2D eigenvalue weighted by atomic mass is 16.3. The first kappa shape index (κ1) is 22.7. The van der Waals surface area contributed by atoms with E-state index in [4.69, 9.17) is 17.1 Å². The first-order valence-corrected chi connectivity index (χ1v) is 16.7. The molecule has 0 aliphatic carbocycles. The van der Waals surface area contributed by atoms with Gasteiger partial charge in [0.1, 0.15) is 16.7 Å². The van der Waals surface area contributed by atoms with Crippen molar-refractivity contribution in [3.05, 3.63) is 188 Å². The Kier molecular flexibility index (Phi) is 5.32. The molecular weight excluding hydrogens is 623 g/mol. The average molecular weight is 661 g/mol. The maximum Gasteiger partial charge on any atom is 0.160 e. The zero-order chi connectivity index (χ0) is 39.8. The molecule has 0 atom stereocenters. The van der Waals surface area contributed by atoms with Gasteiger partial charge in [0.05, 0.1) is 15.3 Å². The van der Waals surface area contributed by atoms with Gasteiger partial charge in [0.15, 0.2) is 5.58 Å². The molecule has 10 rings (SSSR count). The average Bonchev–Trinajstić information content (AvgIpc) is 3.87. The lowest BCUT2D eigenvalue weighted by Gasteiger charge is -2.26. The maximum absolute atomic E-state index is 9.19. The standard InChI is InChI=1S/C48H31NO2/c1-3-11-32(12-4-1)33-19-24-37(25-20-33)49(38-26-21-34(22-27-38)36-23-28-41-40-15-7-9-17-44(40)50-46(41)31-36)43-30-29-39(35-13-5-2-6-14-35)47-42-16-8-10-18-45(42)51-48(43)47/h1-31H/i7D,9D,15D,17D,23D,28D,31D.